The molecule has 0 fully saturated rings. The second-order valence-electron chi connectivity index (χ2n) is 28.2. The van der Waals surface area contributed by atoms with Crippen LogP contribution in [0.25, 0.3) is 0 Å². The van der Waals surface area contributed by atoms with E-state index in [1.54, 1.807) is 0 Å². The fourth-order valence-electron chi connectivity index (χ4n) is 15.1. The second kappa shape index (κ2) is 16.6. The first kappa shape index (κ1) is 49.8. The standard InChI is InChI=1S/C73H78BN3/c1-67(2,3)49-27-23-30-53(40-49)76-62-42-51(69(7,8)9)32-34-59(62)74-60-45-56-57(71(12,13)39-38-70(56,10)11)46-63(60)75(52-28-19-16-20-29-52)64-43-54(44-65(76)66(64)74)77-61-35-33-50(68(4,5)6)41-58(61)73(48-25-17-15-18-26-48)37-36-47-24-21-22-31-55(47)72(73,77)14/h15-35,40-46H,36-39H2,1-14H3. The zero-order valence-corrected chi connectivity index (χ0v) is 48.4. The highest BCUT2D eigenvalue weighted by molar-refractivity contribution is 7.00. The molecule has 0 radical (unpaired) electrons. The van der Waals surface area contributed by atoms with Crippen LogP contribution < -0.4 is 31.1 Å². The lowest BCUT2D eigenvalue weighted by Crippen LogP contribution is -2.62. The van der Waals surface area contributed by atoms with Crippen molar-refractivity contribution in [1.82, 2.24) is 0 Å². The van der Waals surface area contributed by atoms with Gasteiger partial charge in [-0.3, -0.25) is 0 Å². The van der Waals surface area contributed by atoms with Gasteiger partial charge >= 0.3 is 0 Å². The van der Waals surface area contributed by atoms with Crippen LogP contribution in [0.15, 0.2) is 170 Å². The van der Waals surface area contributed by atoms with Gasteiger partial charge in [-0.1, -0.05) is 205 Å². The molecule has 0 spiro atoms. The number of rotatable bonds is 4. The molecule has 0 aromatic heterocycles. The number of hydrogen-bond donors (Lipinski definition) is 0. The van der Waals surface area contributed by atoms with E-state index in [1.165, 1.54) is 112 Å². The molecule has 0 N–H and O–H groups in total. The molecule has 3 nitrogen and oxygen atoms in total. The number of benzene rings is 8. The first-order chi connectivity index (χ1) is 36.4. The summed E-state index contributed by atoms with van der Waals surface area (Å²) < 4.78 is 0. The summed E-state index contributed by atoms with van der Waals surface area (Å²) in [7, 11) is 0. The number of nitrogens with zero attached hydrogens (tertiary/aromatic N) is 3. The summed E-state index contributed by atoms with van der Waals surface area (Å²) in [5.74, 6) is 0. The van der Waals surface area contributed by atoms with Crippen molar-refractivity contribution in [2.45, 2.75) is 161 Å². The van der Waals surface area contributed by atoms with E-state index in [1.807, 2.05) is 0 Å². The quantitative estimate of drug-likeness (QED) is 0.163. The third kappa shape index (κ3) is 7.22. The highest BCUT2D eigenvalue weighted by atomic mass is 15.3. The van der Waals surface area contributed by atoms with Gasteiger partial charge in [-0.15, -0.1) is 0 Å². The molecule has 0 amide bonds. The number of para-hydroxylation sites is 1. The zero-order chi connectivity index (χ0) is 54.0. The molecule has 2 unspecified atom stereocenters. The average molecular weight is 1010 g/mol. The van der Waals surface area contributed by atoms with Crippen molar-refractivity contribution in [2.75, 3.05) is 14.7 Å². The highest BCUT2D eigenvalue weighted by Crippen LogP contribution is 2.67. The van der Waals surface area contributed by atoms with Crippen LogP contribution in [0.2, 0.25) is 0 Å². The zero-order valence-electron chi connectivity index (χ0n) is 48.4. The number of aryl methyl sites for hydroxylation is 1. The minimum Gasteiger partial charge on any atom is -0.330 e. The molecule has 0 bridgehead atoms. The molecule has 8 aromatic rings. The Hall–Kier alpha value is -6.78. The van der Waals surface area contributed by atoms with E-state index in [0.29, 0.717) is 0 Å². The third-order valence-corrected chi connectivity index (χ3v) is 19.6. The smallest absolute Gasteiger partial charge is 0.252 e. The van der Waals surface area contributed by atoms with E-state index >= 15 is 0 Å². The molecule has 0 saturated heterocycles. The molecular weight excluding hydrogens is 930 g/mol. The molecule has 13 rings (SSSR count). The largest absolute Gasteiger partial charge is 0.330 e. The summed E-state index contributed by atoms with van der Waals surface area (Å²) in [6, 6.07) is 67.4. The predicted molar refractivity (Wildman–Crippen MR) is 330 cm³/mol. The van der Waals surface area contributed by atoms with Crippen molar-refractivity contribution in [1.29, 1.82) is 0 Å². The molecule has 2 atom stereocenters. The third-order valence-electron chi connectivity index (χ3n) is 19.6. The van der Waals surface area contributed by atoms with Gasteiger partial charge in [-0.25, -0.2) is 0 Å². The SMILES string of the molecule is CC(C)(C)c1cccc(N2c3cc(C(C)(C)C)ccc3B3c4cc5c(cc4N(c4ccccc4)c4cc(N6c7ccc(C(C)(C)C)cc7C7(c8ccccc8)CCc8ccccc8C67C)cc2c43)C(C)(C)CCC5(C)C)c1. The van der Waals surface area contributed by atoms with Gasteiger partial charge in [0.2, 0.25) is 0 Å². The van der Waals surface area contributed by atoms with Crippen LogP contribution in [0.1, 0.15) is 166 Å². The minimum atomic E-state index is -0.524. The molecule has 8 aromatic carbocycles. The van der Waals surface area contributed by atoms with E-state index in [2.05, 4.69) is 281 Å². The summed E-state index contributed by atoms with van der Waals surface area (Å²) in [6.07, 6.45) is 4.32. The Morgan fingerprint density at radius 3 is 1.60 bits per heavy atom. The van der Waals surface area contributed by atoms with Gasteiger partial charge in [-0.05, 0) is 181 Å². The number of fused-ring (bicyclic) bond motifs is 10. The summed E-state index contributed by atoms with van der Waals surface area (Å²) in [5, 5.41) is 0. The maximum Gasteiger partial charge on any atom is 0.252 e. The van der Waals surface area contributed by atoms with Gasteiger partial charge in [-0.2, -0.15) is 0 Å². The van der Waals surface area contributed by atoms with E-state index in [-0.39, 0.29) is 39.2 Å². The first-order valence-corrected chi connectivity index (χ1v) is 28.8. The molecule has 0 saturated carbocycles. The lowest BCUT2D eigenvalue weighted by Gasteiger charge is -2.53. The molecular formula is C73H78BN3. The van der Waals surface area contributed by atoms with Crippen LogP contribution in [0.5, 0.6) is 0 Å². The van der Waals surface area contributed by atoms with E-state index < -0.39 is 5.54 Å². The Morgan fingerprint density at radius 1 is 0.390 bits per heavy atom. The lowest BCUT2D eigenvalue weighted by atomic mass is 9.33. The lowest BCUT2D eigenvalue weighted by molar-refractivity contribution is 0.270. The van der Waals surface area contributed by atoms with Crippen LogP contribution in [-0.2, 0) is 44.4 Å². The Bertz CT molecular complexity index is 3700. The fraction of sp³-hybridized carbons (Fsp3) is 0.342. The van der Waals surface area contributed by atoms with Crippen molar-refractivity contribution in [3.05, 3.63) is 220 Å². The van der Waals surface area contributed by atoms with Crippen molar-refractivity contribution >= 4 is 68.6 Å². The van der Waals surface area contributed by atoms with Crippen molar-refractivity contribution in [3.63, 3.8) is 0 Å². The Balaban J connectivity index is 1.21. The molecule has 4 heteroatoms. The van der Waals surface area contributed by atoms with Crippen molar-refractivity contribution in [3.8, 4) is 0 Å². The molecule has 388 valence electrons. The van der Waals surface area contributed by atoms with Gasteiger partial charge in [0, 0.05) is 45.5 Å². The number of hydrogen-bond acceptors (Lipinski definition) is 3. The second-order valence-corrected chi connectivity index (χ2v) is 28.2. The van der Waals surface area contributed by atoms with E-state index in [0.717, 1.165) is 25.7 Å². The van der Waals surface area contributed by atoms with Crippen molar-refractivity contribution in [2.24, 2.45) is 0 Å². The first-order valence-electron chi connectivity index (χ1n) is 28.8. The molecule has 3 heterocycles. The molecule has 5 aliphatic rings. The van der Waals surface area contributed by atoms with Gasteiger partial charge in [0.05, 0.1) is 11.0 Å². The number of anilines is 8. The average Bonchev–Trinajstić information content (AvgIpc) is 3.93. The Morgan fingerprint density at radius 2 is 0.935 bits per heavy atom. The highest BCUT2D eigenvalue weighted by Gasteiger charge is 2.63. The Kier molecular flexibility index (Phi) is 10.7. The van der Waals surface area contributed by atoms with Crippen molar-refractivity contribution < 1.29 is 0 Å². The maximum absolute atomic E-state index is 2.83. The predicted octanol–water partition coefficient (Wildman–Crippen LogP) is 17.3. The summed E-state index contributed by atoms with van der Waals surface area (Å²) in [6.45, 7) is 33.8. The molecule has 2 aliphatic carbocycles. The molecule has 3 aliphatic heterocycles. The van der Waals surface area contributed by atoms with Crippen LogP contribution in [0.4, 0.5) is 45.5 Å². The van der Waals surface area contributed by atoms with Gasteiger partial charge in [0.1, 0.15) is 0 Å². The van der Waals surface area contributed by atoms with Crippen LogP contribution in [0.3, 0.4) is 0 Å². The normalized spacial score (nSPS) is 20.6. The van der Waals surface area contributed by atoms with Gasteiger partial charge in [0.25, 0.3) is 6.71 Å². The topological polar surface area (TPSA) is 9.72 Å². The van der Waals surface area contributed by atoms with Crippen LogP contribution >= 0.6 is 0 Å². The summed E-state index contributed by atoms with van der Waals surface area (Å²) in [4.78, 5) is 8.18. The maximum atomic E-state index is 2.83. The molecule has 77 heavy (non-hydrogen) atoms. The summed E-state index contributed by atoms with van der Waals surface area (Å²) in [5.41, 5.74) is 25.7. The van der Waals surface area contributed by atoms with Crippen LogP contribution in [0, 0.1) is 0 Å². The van der Waals surface area contributed by atoms with Crippen LogP contribution in [-0.4, -0.2) is 6.71 Å². The fourth-order valence-corrected chi connectivity index (χ4v) is 15.1. The summed E-state index contributed by atoms with van der Waals surface area (Å²) >= 11 is 0. The van der Waals surface area contributed by atoms with E-state index in [9.17, 15) is 0 Å². The van der Waals surface area contributed by atoms with Gasteiger partial charge < -0.3 is 14.7 Å². The monoisotopic (exact) mass is 1010 g/mol. The van der Waals surface area contributed by atoms with E-state index in [4.69, 9.17) is 0 Å². The minimum absolute atomic E-state index is 0.0178. The Labute approximate surface area is 461 Å². The van der Waals surface area contributed by atoms with Gasteiger partial charge in [0.15, 0.2) is 0 Å².